The molecule has 0 radical (unpaired) electrons. The highest BCUT2D eigenvalue weighted by molar-refractivity contribution is 6.30. The Kier molecular flexibility index (Phi) is 7.05. The monoisotopic (exact) mass is 466 g/mol. The van der Waals surface area contributed by atoms with Crippen LogP contribution in [0.1, 0.15) is 33.1 Å². The molecule has 1 aliphatic rings. The maximum atomic E-state index is 13.0. The fourth-order valence-electron chi connectivity index (χ4n) is 4.79. The van der Waals surface area contributed by atoms with Crippen LogP contribution in [0.3, 0.4) is 0 Å². The highest BCUT2D eigenvalue weighted by Gasteiger charge is 2.28. The van der Waals surface area contributed by atoms with Crippen LogP contribution in [0.15, 0.2) is 59.9 Å². The Labute approximate surface area is 199 Å². The Morgan fingerprint density at radius 1 is 1.09 bits per heavy atom. The van der Waals surface area contributed by atoms with E-state index >= 15 is 0 Å². The number of likely N-dealkylation sites (tertiary alicyclic amines) is 1. The lowest BCUT2D eigenvalue weighted by Gasteiger charge is -2.38. The Bertz CT molecular complexity index is 1220. The molecule has 174 valence electrons. The van der Waals surface area contributed by atoms with E-state index in [0.29, 0.717) is 18.0 Å². The van der Waals surface area contributed by atoms with Gasteiger partial charge in [-0.25, -0.2) is 4.79 Å². The van der Waals surface area contributed by atoms with E-state index in [2.05, 4.69) is 11.5 Å². The van der Waals surface area contributed by atoms with Gasteiger partial charge < -0.3 is 9.80 Å². The molecule has 3 aromatic rings. The van der Waals surface area contributed by atoms with Crippen LogP contribution in [0.5, 0.6) is 0 Å². The van der Waals surface area contributed by atoms with E-state index in [1.165, 1.54) is 0 Å². The van der Waals surface area contributed by atoms with Gasteiger partial charge in [0.1, 0.15) is 0 Å². The molecule has 2 aromatic carbocycles. The van der Waals surface area contributed by atoms with Crippen LogP contribution in [0.4, 0.5) is 5.69 Å². The Morgan fingerprint density at radius 3 is 2.42 bits per heavy atom. The van der Waals surface area contributed by atoms with E-state index < -0.39 is 0 Å². The van der Waals surface area contributed by atoms with Gasteiger partial charge in [0.2, 0.25) is 5.91 Å². The second kappa shape index (κ2) is 9.98. The molecule has 0 aliphatic carbocycles. The highest BCUT2D eigenvalue weighted by atomic mass is 35.5. The maximum Gasteiger partial charge on any atom is 0.333 e. The summed E-state index contributed by atoms with van der Waals surface area (Å²) in [5, 5.41) is 0.637. The number of allylic oxidation sites excluding steroid dienone is 1. The fourth-order valence-corrected chi connectivity index (χ4v) is 4.98. The number of carbonyl (C=O) groups is 1. The van der Waals surface area contributed by atoms with Crippen LogP contribution in [-0.2, 0) is 11.3 Å². The van der Waals surface area contributed by atoms with E-state index in [1.807, 2.05) is 71.8 Å². The normalized spacial score (nSPS) is 15.1. The number of imidazole rings is 1. The molecule has 0 saturated carbocycles. The minimum Gasteiger partial charge on any atom is -0.309 e. The quantitative estimate of drug-likeness (QED) is 0.500. The summed E-state index contributed by atoms with van der Waals surface area (Å²) in [6.07, 6.45) is 2.24. The SMILES string of the molecule is C=C(C)n1c(=O)n(CCN2CCC(N(C(=O)CC)c3cccc(Cl)c3)CC2)c2ccccc21. The van der Waals surface area contributed by atoms with Crippen molar-refractivity contribution < 1.29 is 4.79 Å². The van der Waals surface area contributed by atoms with Gasteiger partial charge in [0.25, 0.3) is 0 Å². The average molecular weight is 467 g/mol. The first-order valence-electron chi connectivity index (χ1n) is 11.6. The predicted octanol–water partition coefficient (Wildman–Crippen LogP) is 4.85. The fraction of sp³-hybridized carbons (Fsp3) is 0.385. The molecule has 1 fully saturated rings. The lowest BCUT2D eigenvalue weighted by atomic mass is 10.0. The first-order chi connectivity index (χ1) is 15.9. The third-order valence-corrected chi connectivity index (χ3v) is 6.67. The van der Waals surface area contributed by atoms with Crippen molar-refractivity contribution in [3.63, 3.8) is 0 Å². The number of fused-ring (bicyclic) bond motifs is 1. The van der Waals surface area contributed by atoms with Crippen LogP contribution < -0.4 is 10.6 Å². The minimum atomic E-state index is -0.0424. The molecule has 0 atom stereocenters. The number of amides is 1. The van der Waals surface area contributed by atoms with E-state index in [1.54, 1.807) is 4.57 Å². The Hall–Kier alpha value is -2.83. The van der Waals surface area contributed by atoms with Crippen molar-refractivity contribution in [2.24, 2.45) is 0 Å². The Balaban J connectivity index is 1.45. The molecule has 1 saturated heterocycles. The number of rotatable bonds is 7. The number of nitrogens with zero attached hydrogens (tertiary/aromatic N) is 4. The summed E-state index contributed by atoms with van der Waals surface area (Å²) in [5.74, 6) is 0.120. The first-order valence-corrected chi connectivity index (χ1v) is 11.9. The van der Waals surface area contributed by atoms with Gasteiger partial charge >= 0.3 is 5.69 Å². The summed E-state index contributed by atoms with van der Waals surface area (Å²) < 4.78 is 3.52. The molecule has 1 aromatic heterocycles. The second-order valence-corrected chi connectivity index (χ2v) is 9.10. The van der Waals surface area contributed by atoms with Crippen molar-refractivity contribution in [1.82, 2.24) is 14.0 Å². The largest absolute Gasteiger partial charge is 0.333 e. The van der Waals surface area contributed by atoms with Crippen molar-refractivity contribution in [1.29, 1.82) is 0 Å². The molecule has 1 amide bonds. The van der Waals surface area contributed by atoms with Crippen LogP contribution in [0.2, 0.25) is 5.02 Å². The minimum absolute atomic E-state index is 0.0424. The summed E-state index contributed by atoms with van der Waals surface area (Å²) in [6, 6.07) is 15.5. The smallest absolute Gasteiger partial charge is 0.309 e. The standard InChI is InChI=1S/C26H31ClN4O2/c1-4-25(32)31(22-9-7-8-20(27)18-22)21-12-14-28(15-13-21)16-17-29-23-10-5-6-11-24(23)30(19(2)3)26(29)33/h5-11,18,21H,2,4,12-17H2,1,3H3. The number of hydrogen-bond donors (Lipinski definition) is 0. The number of piperidine rings is 1. The molecule has 33 heavy (non-hydrogen) atoms. The summed E-state index contributed by atoms with van der Waals surface area (Å²) in [6.45, 7) is 10.9. The molecule has 0 unspecified atom stereocenters. The second-order valence-electron chi connectivity index (χ2n) is 8.66. The number of hydrogen-bond acceptors (Lipinski definition) is 3. The Morgan fingerprint density at radius 2 is 1.79 bits per heavy atom. The summed E-state index contributed by atoms with van der Waals surface area (Å²) in [4.78, 5) is 30.1. The van der Waals surface area contributed by atoms with Gasteiger partial charge in [0, 0.05) is 55.0 Å². The molecule has 1 aliphatic heterocycles. The van der Waals surface area contributed by atoms with Gasteiger partial charge in [-0.1, -0.05) is 43.3 Å². The molecule has 6 nitrogen and oxygen atoms in total. The lowest BCUT2D eigenvalue weighted by Crippen LogP contribution is -2.48. The average Bonchev–Trinajstić information content (AvgIpc) is 3.10. The van der Waals surface area contributed by atoms with Gasteiger partial charge in [-0.3, -0.25) is 13.9 Å². The number of anilines is 1. The molecule has 7 heteroatoms. The van der Waals surface area contributed by atoms with Gasteiger partial charge in [-0.2, -0.15) is 0 Å². The van der Waals surface area contributed by atoms with Crippen LogP contribution >= 0.6 is 11.6 Å². The molecule has 0 N–H and O–H groups in total. The number of aromatic nitrogens is 2. The van der Waals surface area contributed by atoms with E-state index in [-0.39, 0.29) is 17.6 Å². The van der Waals surface area contributed by atoms with E-state index in [9.17, 15) is 9.59 Å². The zero-order valence-electron chi connectivity index (χ0n) is 19.3. The van der Waals surface area contributed by atoms with Gasteiger partial charge in [-0.15, -0.1) is 0 Å². The molecule has 0 bridgehead atoms. The van der Waals surface area contributed by atoms with Crippen LogP contribution in [0, 0.1) is 0 Å². The van der Waals surface area contributed by atoms with Crippen molar-refractivity contribution in [3.05, 3.63) is 70.6 Å². The molecular weight excluding hydrogens is 436 g/mol. The third-order valence-electron chi connectivity index (χ3n) is 6.44. The van der Waals surface area contributed by atoms with Gasteiger partial charge in [0.05, 0.1) is 11.0 Å². The van der Waals surface area contributed by atoms with E-state index in [0.717, 1.165) is 54.9 Å². The highest BCUT2D eigenvalue weighted by Crippen LogP contribution is 2.27. The zero-order chi connectivity index (χ0) is 23.5. The van der Waals surface area contributed by atoms with E-state index in [4.69, 9.17) is 11.6 Å². The van der Waals surface area contributed by atoms with Gasteiger partial charge in [-0.05, 0) is 50.1 Å². The van der Waals surface area contributed by atoms with Crippen LogP contribution in [-0.4, -0.2) is 45.6 Å². The number of carbonyl (C=O) groups excluding carboxylic acids is 1. The van der Waals surface area contributed by atoms with Crippen molar-refractivity contribution in [2.45, 2.75) is 45.7 Å². The topological polar surface area (TPSA) is 50.5 Å². The van der Waals surface area contributed by atoms with Crippen LogP contribution in [0.25, 0.3) is 16.7 Å². The lowest BCUT2D eigenvalue weighted by molar-refractivity contribution is -0.119. The molecule has 2 heterocycles. The summed E-state index contributed by atoms with van der Waals surface area (Å²) in [7, 11) is 0. The summed E-state index contributed by atoms with van der Waals surface area (Å²) in [5.41, 5.74) is 3.37. The van der Waals surface area contributed by atoms with Gasteiger partial charge in [0.15, 0.2) is 0 Å². The summed E-state index contributed by atoms with van der Waals surface area (Å²) >= 11 is 6.19. The zero-order valence-corrected chi connectivity index (χ0v) is 20.1. The first kappa shape index (κ1) is 23.3. The molecule has 4 rings (SSSR count). The molecule has 0 spiro atoms. The number of benzene rings is 2. The van der Waals surface area contributed by atoms with Crippen molar-refractivity contribution in [2.75, 3.05) is 24.5 Å². The van der Waals surface area contributed by atoms with Crippen molar-refractivity contribution >= 4 is 39.9 Å². The third kappa shape index (κ3) is 4.77. The number of halogens is 1. The molecular formula is C26H31ClN4O2. The number of para-hydroxylation sites is 2. The predicted molar refractivity (Wildman–Crippen MR) is 136 cm³/mol. The van der Waals surface area contributed by atoms with Crippen molar-refractivity contribution in [3.8, 4) is 0 Å². The maximum absolute atomic E-state index is 13.0.